The highest BCUT2D eigenvalue weighted by molar-refractivity contribution is 5.88. The second-order valence-corrected chi connectivity index (χ2v) is 9.56. The topological polar surface area (TPSA) is 75.9 Å². The van der Waals surface area contributed by atoms with Crippen LogP contribution >= 0.6 is 0 Å². The van der Waals surface area contributed by atoms with Crippen molar-refractivity contribution >= 4 is 17.3 Å². The lowest BCUT2D eigenvalue weighted by molar-refractivity contribution is -0.271. The largest absolute Gasteiger partial charge is 0.430 e. The minimum atomic E-state index is -4.96. The van der Waals surface area contributed by atoms with Crippen molar-refractivity contribution in [3.8, 4) is 0 Å². The molecule has 3 aromatic rings. The van der Waals surface area contributed by atoms with Gasteiger partial charge in [-0.1, -0.05) is 36.4 Å². The normalized spacial score (nSPS) is 21.8. The molecule has 5 rings (SSSR count). The van der Waals surface area contributed by atoms with Crippen molar-refractivity contribution in [3.63, 3.8) is 0 Å². The van der Waals surface area contributed by atoms with Crippen LogP contribution in [0.15, 0.2) is 60.9 Å². The molecule has 1 N–H and O–H groups in total. The lowest BCUT2D eigenvalue weighted by atomic mass is 9.62. The summed E-state index contributed by atoms with van der Waals surface area (Å²) < 4.78 is 50.1. The summed E-state index contributed by atoms with van der Waals surface area (Å²) in [6.45, 7) is 0.615. The molecule has 0 bridgehead atoms. The van der Waals surface area contributed by atoms with Gasteiger partial charge in [0.25, 0.3) is 11.5 Å². The van der Waals surface area contributed by atoms with E-state index in [2.05, 4.69) is 10.4 Å². The van der Waals surface area contributed by atoms with Gasteiger partial charge in [0, 0.05) is 57.0 Å². The van der Waals surface area contributed by atoms with Crippen LogP contribution in [-0.4, -0.2) is 59.2 Å². The Balaban J connectivity index is 1.46. The van der Waals surface area contributed by atoms with Crippen molar-refractivity contribution in [2.45, 2.75) is 37.0 Å². The van der Waals surface area contributed by atoms with Gasteiger partial charge in [-0.15, -0.1) is 0 Å². The van der Waals surface area contributed by atoms with Crippen molar-refractivity contribution in [1.82, 2.24) is 19.8 Å². The molecular formula is C26H27F3N4O3. The zero-order valence-electron chi connectivity index (χ0n) is 19.8. The minimum absolute atomic E-state index is 0.0585. The van der Waals surface area contributed by atoms with E-state index in [0.717, 1.165) is 18.2 Å². The Hall–Kier alpha value is -3.40. The molecule has 1 aromatic carbocycles. The number of nitrogens with one attached hydrogen (secondary N) is 1. The number of amides is 2. The fraction of sp³-hybridized carbons (Fsp3) is 0.423. The van der Waals surface area contributed by atoms with E-state index in [0.29, 0.717) is 19.4 Å². The molecule has 2 aliphatic rings. The van der Waals surface area contributed by atoms with Gasteiger partial charge in [-0.2, -0.15) is 18.3 Å². The van der Waals surface area contributed by atoms with Crippen molar-refractivity contribution in [2.24, 2.45) is 5.41 Å². The first-order chi connectivity index (χ1) is 17.2. The van der Waals surface area contributed by atoms with Crippen molar-refractivity contribution in [1.29, 1.82) is 0 Å². The van der Waals surface area contributed by atoms with Gasteiger partial charge in [-0.25, -0.2) is 4.52 Å². The molecular weight excluding hydrogens is 473 g/mol. The summed E-state index contributed by atoms with van der Waals surface area (Å²) in [6.07, 6.45) is -0.349. The van der Waals surface area contributed by atoms with Crippen LogP contribution in [0.2, 0.25) is 0 Å². The lowest BCUT2D eigenvalue weighted by Crippen LogP contribution is -2.60. The molecule has 0 radical (unpaired) electrons. The number of benzene rings is 1. The molecule has 190 valence electrons. The molecule has 2 fully saturated rings. The number of pyridine rings is 1. The molecule has 2 amide bonds. The van der Waals surface area contributed by atoms with Gasteiger partial charge in [0.15, 0.2) is 0 Å². The number of halogens is 3. The zero-order valence-corrected chi connectivity index (χ0v) is 19.8. The summed E-state index contributed by atoms with van der Waals surface area (Å²) in [5, 5.41) is 7.25. The first kappa shape index (κ1) is 24.3. The summed E-state index contributed by atoms with van der Waals surface area (Å²) in [5.41, 5.74) is -1.87. The highest BCUT2D eigenvalue weighted by atomic mass is 19.4. The molecule has 36 heavy (non-hydrogen) atoms. The third-order valence-corrected chi connectivity index (χ3v) is 7.83. The van der Waals surface area contributed by atoms with E-state index in [1.165, 1.54) is 29.2 Å². The second-order valence-electron chi connectivity index (χ2n) is 9.56. The van der Waals surface area contributed by atoms with Gasteiger partial charge in [-0.3, -0.25) is 9.59 Å². The predicted molar refractivity (Wildman–Crippen MR) is 125 cm³/mol. The Morgan fingerprint density at radius 1 is 1.11 bits per heavy atom. The number of hydrogen-bond donors (Lipinski definition) is 1. The summed E-state index contributed by atoms with van der Waals surface area (Å²) in [7, 11) is 0.914. The maximum absolute atomic E-state index is 14.4. The number of rotatable bonds is 4. The highest BCUT2D eigenvalue weighted by Crippen LogP contribution is 2.51. The van der Waals surface area contributed by atoms with E-state index in [9.17, 15) is 22.8 Å². The third-order valence-electron chi connectivity index (χ3n) is 7.83. The van der Waals surface area contributed by atoms with E-state index in [4.69, 9.17) is 4.74 Å². The third kappa shape index (κ3) is 3.75. The number of carbonyl (C=O) groups excluding carboxylic acids is 2. The number of likely N-dealkylation sites (tertiary alicyclic amines) is 1. The maximum atomic E-state index is 14.4. The van der Waals surface area contributed by atoms with Crippen LogP contribution < -0.4 is 5.32 Å². The second kappa shape index (κ2) is 8.92. The standard InChI is InChI=1S/C26H27F3N4O3/c1-36-25(26(27,28)29,18-6-3-2-4-7-18)23(35)32-14-10-24(11-15-32)16-22(34)30-17-20(24)19-8-5-13-33-21(19)9-12-31-33/h2-9,12-13,20H,10-11,14-17H2,1H3,(H,30,34)/t20?,25-/m1/s1. The lowest BCUT2D eigenvalue weighted by Gasteiger charge is -2.50. The number of aromatic nitrogens is 2. The Morgan fingerprint density at radius 2 is 1.83 bits per heavy atom. The van der Waals surface area contributed by atoms with Gasteiger partial charge in [0.1, 0.15) is 0 Å². The zero-order chi connectivity index (χ0) is 25.6. The molecule has 0 saturated carbocycles. The number of ether oxygens (including phenoxy) is 1. The van der Waals surface area contributed by atoms with E-state index < -0.39 is 23.1 Å². The number of fused-ring (bicyclic) bond motifs is 1. The smallest absolute Gasteiger partial charge is 0.356 e. The van der Waals surface area contributed by atoms with Crippen LogP contribution in [-0.2, 0) is 19.9 Å². The van der Waals surface area contributed by atoms with Crippen LogP contribution in [0.3, 0.4) is 0 Å². The fourth-order valence-corrected chi connectivity index (χ4v) is 5.95. The van der Waals surface area contributed by atoms with Gasteiger partial charge >= 0.3 is 6.18 Å². The highest BCUT2D eigenvalue weighted by Gasteiger charge is 2.64. The average Bonchev–Trinajstić information content (AvgIpc) is 3.35. The Kier molecular flexibility index (Phi) is 6.02. The quantitative estimate of drug-likeness (QED) is 0.594. The Bertz CT molecular complexity index is 1270. The number of nitrogens with zero attached hydrogens (tertiary/aromatic N) is 3. The van der Waals surface area contributed by atoms with Crippen molar-refractivity contribution in [2.75, 3.05) is 26.7 Å². The van der Waals surface area contributed by atoms with Crippen molar-refractivity contribution < 1.29 is 27.5 Å². The number of methoxy groups -OCH3 is 1. The van der Waals surface area contributed by atoms with E-state index in [1.807, 2.05) is 24.4 Å². The molecule has 4 heterocycles. The van der Waals surface area contributed by atoms with E-state index in [-0.39, 0.29) is 36.9 Å². The van der Waals surface area contributed by atoms with Crippen LogP contribution in [0.4, 0.5) is 13.2 Å². The summed E-state index contributed by atoms with van der Waals surface area (Å²) in [5.74, 6) is -1.28. The van der Waals surface area contributed by atoms with Gasteiger partial charge in [0.05, 0.1) is 5.52 Å². The molecule has 10 heteroatoms. The van der Waals surface area contributed by atoms with Gasteiger partial charge < -0.3 is 15.0 Å². The first-order valence-corrected chi connectivity index (χ1v) is 11.9. The van der Waals surface area contributed by atoms with Crippen LogP contribution in [0.1, 0.15) is 36.3 Å². The van der Waals surface area contributed by atoms with Crippen LogP contribution in [0.25, 0.3) is 5.52 Å². The fourth-order valence-electron chi connectivity index (χ4n) is 5.95. The minimum Gasteiger partial charge on any atom is -0.356 e. The molecule has 1 spiro atoms. The summed E-state index contributed by atoms with van der Waals surface area (Å²) in [4.78, 5) is 27.2. The number of alkyl halides is 3. The summed E-state index contributed by atoms with van der Waals surface area (Å²) >= 11 is 0. The molecule has 7 nitrogen and oxygen atoms in total. The SMILES string of the molecule is CO[C@@](C(=O)N1CCC2(CC1)CC(=O)NCC2c1cccn2nccc12)(c1ccccc1)C(F)(F)F. The van der Waals surface area contributed by atoms with Gasteiger partial charge in [0.2, 0.25) is 5.91 Å². The number of hydrogen-bond acceptors (Lipinski definition) is 4. The van der Waals surface area contributed by atoms with Gasteiger partial charge in [-0.05, 0) is 36.0 Å². The molecule has 2 saturated heterocycles. The average molecular weight is 501 g/mol. The van der Waals surface area contributed by atoms with Crippen LogP contribution in [0.5, 0.6) is 0 Å². The Labute approximate surface area is 206 Å². The van der Waals surface area contributed by atoms with E-state index >= 15 is 0 Å². The first-order valence-electron chi connectivity index (χ1n) is 11.9. The monoisotopic (exact) mass is 500 g/mol. The number of carbonyl (C=O) groups is 2. The predicted octanol–water partition coefficient (Wildman–Crippen LogP) is 3.65. The maximum Gasteiger partial charge on any atom is 0.430 e. The van der Waals surface area contributed by atoms with Crippen LogP contribution in [0, 0.1) is 5.41 Å². The van der Waals surface area contributed by atoms with E-state index in [1.54, 1.807) is 16.8 Å². The van der Waals surface area contributed by atoms with Crippen molar-refractivity contribution in [3.05, 3.63) is 72.1 Å². The molecule has 2 aliphatic heterocycles. The summed E-state index contributed by atoms with van der Waals surface area (Å²) in [6, 6.07) is 12.8. The molecule has 2 aromatic heterocycles. The molecule has 2 atom stereocenters. The molecule has 1 unspecified atom stereocenters. The number of piperidine rings is 2. The Morgan fingerprint density at radius 3 is 2.50 bits per heavy atom. The molecule has 0 aliphatic carbocycles.